The molecule has 192 valence electrons. The van der Waals surface area contributed by atoms with Crippen LogP contribution < -0.4 is 10.6 Å². The molecule has 2 N–H and O–H groups in total. The lowest BCUT2D eigenvalue weighted by Crippen LogP contribution is -2.55. The normalized spacial score (nSPS) is 12.3. The molecular formula is C29H24F6N2. The van der Waals surface area contributed by atoms with Crippen LogP contribution in [0.3, 0.4) is 0 Å². The average Bonchev–Trinajstić information content (AvgIpc) is 2.81. The Kier molecular flexibility index (Phi) is 6.95. The number of alkyl halides is 6. The van der Waals surface area contributed by atoms with Gasteiger partial charge < -0.3 is 10.6 Å². The molecule has 0 unspecified atom stereocenters. The van der Waals surface area contributed by atoms with Crippen LogP contribution in [0.5, 0.6) is 0 Å². The summed E-state index contributed by atoms with van der Waals surface area (Å²) in [6.07, 6.45) is -11.5. The Balaban J connectivity index is 2.06. The fourth-order valence-electron chi connectivity index (χ4n) is 4.45. The van der Waals surface area contributed by atoms with Crippen molar-refractivity contribution in [3.8, 4) is 0 Å². The van der Waals surface area contributed by atoms with Crippen LogP contribution in [0.4, 0.5) is 49.1 Å². The second kappa shape index (κ2) is 9.84. The van der Waals surface area contributed by atoms with Crippen molar-refractivity contribution < 1.29 is 26.3 Å². The Morgan fingerprint density at radius 2 is 0.838 bits per heavy atom. The second-order valence-corrected chi connectivity index (χ2v) is 8.83. The van der Waals surface area contributed by atoms with Gasteiger partial charge in [-0.2, -0.15) is 26.3 Å². The monoisotopic (exact) mass is 514 g/mol. The summed E-state index contributed by atoms with van der Waals surface area (Å²) in [5, 5.41) is 5.59. The van der Waals surface area contributed by atoms with Crippen LogP contribution >= 0.6 is 0 Å². The van der Waals surface area contributed by atoms with Crippen LogP contribution in [0.15, 0.2) is 97.1 Å². The lowest BCUT2D eigenvalue weighted by Gasteiger charge is -2.40. The minimum atomic E-state index is -5.74. The third kappa shape index (κ3) is 5.01. The molecule has 0 aliphatic rings. The lowest BCUT2D eigenvalue weighted by molar-refractivity contribution is -0.288. The number of halogens is 6. The first-order valence-corrected chi connectivity index (χ1v) is 11.4. The number of aryl methyl sites for hydroxylation is 2. The van der Waals surface area contributed by atoms with Gasteiger partial charge in [0, 0.05) is 33.9 Å². The van der Waals surface area contributed by atoms with Gasteiger partial charge in [0.15, 0.2) is 0 Å². The maximum atomic E-state index is 15.1. The molecule has 0 amide bonds. The maximum Gasteiger partial charge on any atom is 0.411 e. The van der Waals surface area contributed by atoms with Crippen LogP contribution in [0.2, 0.25) is 0 Å². The Hall–Kier alpha value is -3.94. The summed E-state index contributed by atoms with van der Waals surface area (Å²) in [5.74, 6) is 0. The van der Waals surface area contributed by atoms with E-state index in [1.165, 1.54) is 24.3 Å². The molecule has 0 bridgehead atoms. The highest BCUT2D eigenvalue weighted by Gasteiger charge is 2.73. The number of nitrogens with one attached hydrogen (secondary N) is 2. The van der Waals surface area contributed by atoms with Crippen molar-refractivity contribution in [1.29, 1.82) is 0 Å². The quantitative estimate of drug-likeness (QED) is 0.251. The highest BCUT2D eigenvalue weighted by Crippen LogP contribution is 2.59. The molecule has 37 heavy (non-hydrogen) atoms. The highest BCUT2D eigenvalue weighted by atomic mass is 19.4. The van der Waals surface area contributed by atoms with E-state index in [9.17, 15) is 0 Å². The van der Waals surface area contributed by atoms with Crippen LogP contribution in [0, 0.1) is 13.8 Å². The minimum Gasteiger partial charge on any atom is -0.355 e. The van der Waals surface area contributed by atoms with E-state index in [-0.39, 0.29) is 11.4 Å². The zero-order valence-electron chi connectivity index (χ0n) is 20.0. The van der Waals surface area contributed by atoms with Crippen LogP contribution in [-0.2, 0) is 5.41 Å². The van der Waals surface area contributed by atoms with Crippen LogP contribution in [-0.4, -0.2) is 12.4 Å². The van der Waals surface area contributed by atoms with Crippen molar-refractivity contribution >= 4 is 22.7 Å². The Morgan fingerprint density at radius 3 is 1.16 bits per heavy atom. The van der Waals surface area contributed by atoms with Crippen molar-refractivity contribution in [2.75, 3.05) is 10.6 Å². The summed E-state index contributed by atoms with van der Waals surface area (Å²) in [6.45, 7) is 3.22. The number of anilines is 4. The molecule has 0 radical (unpaired) electrons. The standard InChI is InChI=1S/C29H24F6N2/c1-19-13-15-23(25(17-19)36-21-9-5-3-6-10-21)27(28(30,31)32,29(33,34)35)24-16-14-20(2)18-26(24)37-22-11-7-4-8-12-22/h3-18,36-37H,1-2H3. The first kappa shape index (κ1) is 26.1. The van der Waals surface area contributed by atoms with E-state index in [1.54, 1.807) is 74.5 Å². The highest BCUT2D eigenvalue weighted by molar-refractivity contribution is 5.73. The predicted molar refractivity (Wildman–Crippen MR) is 135 cm³/mol. The molecule has 8 heteroatoms. The Bertz CT molecular complexity index is 1260. The zero-order chi connectivity index (χ0) is 26.8. The number of hydrogen-bond acceptors (Lipinski definition) is 2. The molecule has 2 nitrogen and oxygen atoms in total. The van der Waals surface area contributed by atoms with E-state index >= 15 is 26.3 Å². The Labute approximate surface area is 211 Å². The largest absolute Gasteiger partial charge is 0.411 e. The Morgan fingerprint density at radius 1 is 0.486 bits per heavy atom. The van der Waals surface area contributed by atoms with Gasteiger partial charge in [0.05, 0.1) is 0 Å². The summed E-state index contributed by atoms with van der Waals surface area (Å²) < 4.78 is 90.6. The summed E-state index contributed by atoms with van der Waals surface area (Å²) in [7, 11) is 0. The van der Waals surface area contributed by atoms with E-state index < -0.39 is 28.9 Å². The molecule has 0 aromatic heterocycles. The van der Waals surface area contributed by atoms with Gasteiger partial charge in [-0.15, -0.1) is 0 Å². The van der Waals surface area contributed by atoms with Crippen molar-refractivity contribution in [1.82, 2.24) is 0 Å². The number of benzene rings is 4. The molecule has 0 aliphatic carbocycles. The zero-order valence-corrected chi connectivity index (χ0v) is 20.0. The third-order valence-electron chi connectivity index (χ3n) is 6.11. The summed E-state index contributed by atoms with van der Waals surface area (Å²) in [4.78, 5) is 0. The topological polar surface area (TPSA) is 24.1 Å². The lowest BCUT2D eigenvalue weighted by atomic mass is 9.71. The number of hydrogen-bond donors (Lipinski definition) is 2. The molecule has 0 heterocycles. The molecule has 4 rings (SSSR count). The minimum absolute atomic E-state index is 0.285. The molecule has 0 atom stereocenters. The second-order valence-electron chi connectivity index (χ2n) is 8.83. The smallest absolute Gasteiger partial charge is 0.355 e. The van der Waals surface area contributed by atoms with Crippen LogP contribution in [0.25, 0.3) is 0 Å². The van der Waals surface area contributed by atoms with Gasteiger partial charge in [-0.1, -0.05) is 60.7 Å². The van der Waals surface area contributed by atoms with Crippen molar-refractivity contribution in [2.24, 2.45) is 0 Å². The number of para-hydroxylation sites is 2. The molecule has 0 saturated heterocycles. The van der Waals surface area contributed by atoms with E-state index in [4.69, 9.17) is 0 Å². The molecule has 0 saturated carbocycles. The first-order chi connectivity index (χ1) is 17.4. The summed E-state index contributed by atoms with van der Waals surface area (Å²) in [5.41, 5.74) is -5.06. The van der Waals surface area contributed by atoms with Gasteiger partial charge in [-0.3, -0.25) is 0 Å². The first-order valence-electron chi connectivity index (χ1n) is 11.4. The fraction of sp³-hybridized carbons (Fsp3) is 0.172. The van der Waals surface area contributed by atoms with Gasteiger partial charge in [-0.25, -0.2) is 0 Å². The van der Waals surface area contributed by atoms with Crippen molar-refractivity contribution in [3.63, 3.8) is 0 Å². The molecule has 0 fully saturated rings. The summed E-state index contributed by atoms with van der Waals surface area (Å²) >= 11 is 0. The SMILES string of the molecule is Cc1ccc(C(c2ccc(C)cc2Nc2ccccc2)(C(F)(F)F)C(F)(F)F)c(Nc2ccccc2)c1. The van der Waals surface area contributed by atoms with Gasteiger partial charge in [0.2, 0.25) is 5.41 Å². The van der Waals surface area contributed by atoms with Gasteiger partial charge >= 0.3 is 12.4 Å². The number of rotatable bonds is 6. The molecule has 0 aliphatic heterocycles. The summed E-state index contributed by atoms with van der Waals surface area (Å²) in [6, 6.07) is 23.2. The maximum absolute atomic E-state index is 15.1. The molecule has 4 aromatic rings. The van der Waals surface area contributed by atoms with E-state index in [0.717, 1.165) is 12.1 Å². The molecule has 0 spiro atoms. The van der Waals surface area contributed by atoms with Gasteiger partial charge in [0.1, 0.15) is 0 Å². The van der Waals surface area contributed by atoms with E-state index in [1.807, 2.05) is 0 Å². The molecule has 4 aromatic carbocycles. The van der Waals surface area contributed by atoms with E-state index in [2.05, 4.69) is 10.6 Å². The van der Waals surface area contributed by atoms with E-state index in [0.29, 0.717) is 22.5 Å². The average molecular weight is 515 g/mol. The molecular weight excluding hydrogens is 490 g/mol. The fourth-order valence-corrected chi connectivity index (χ4v) is 4.45. The van der Waals surface area contributed by atoms with Crippen molar-refractivity contribution in [2.45, 2.75) is 31.6 Å². The predicted octanol–water partition coefficient (Wildman–Crippen LogP) is 9.20. The van der Waals surface area contributed by atoms with Gasteiger partial charge in [-0.05, 0) is 61.4 Å². The third-order valence-corrected chi connectivity index (χ3v) is 6.11. The van der Waals surface area contributed by atoms with Crippen molar-refractivity contribution in [3.05, 3.63) is 119 Å². The van der Waals surface area contributed by atoms with Crippen LogP contribution in [0.1, 0.15) is 22.3 Å². The van der Waals surface area contributed by atoms with Gasteiger partial charge in [0.25, 0.3) is 0 Å².